The summed E-state index contributed by atoms with van der Waals surface area (Å²) in [5, 5.41) is 3.09. The zero-order valence-electron chi connectivity index (χ0n) is 53.0. The lowest BCUT2D eigenvalue weighted by Crippen LogP contribution is -2.51. The van der Waals surface area contributed by atoms with Gasteiger partial charge in [0.05, 0.1) is 48.0 Å². The Morgan fingerprint density at radius 1 is 0.478 bits per heavy atom. The van der Waals surface area contributed by atoms with Crippen LogP contribution in [0.4, 0.5) is 3.89 Å². The molecule has 3 atom stereocenters. The number of aromatic nitrogens is 3. The number of hydrogen-bond acceptors (Lipinski definition) is 19. The lowest BCUT2D eigenvalue weighted by molar-refractivity contribution is -0.138. The van der Waals surface area contributed by atoms with Gasteiger partial charge < -0.3 is 31.4 Å². The number of aliphatic imine (C=N–C) groups is 3. The molecule has 6 aromatic rings. The Labute approximate surface area is 542 Å². The minimum atomic E-state index is -0.921. The number of methoxy groups -OCH3 is 3. The normalized spacial score (nSPS) is 30.2. The van der Waals surface area contributed by atoms with Crippen LogP contribution in [0.15, 0.2) is 88.2 Å². The van der Waals surface area contributed by atoms with Crippen LogP contribution >= 0.6 is 46.2 Å². The molecule has 9 aliphatic rings. The van der Waals surface area contributed by atoms with Crippen LogP contribution in [0.1, 0.15) is 125 Å². The Balaban J connectivity index is 0.000000128. The standard InChI is InChI=1S/3C22H26N4O2S.CH3FS/c3*1-13-24-12-18(29-13)14-4-5-15-11-21(8-6-16(28-3)7-9-21)22(17(15)10-14)19(27)26(2)20(23)25-22;1-3-2/h3*4-5,10,12,16H,6-9,11H2,1-3H3,(H2,23,25);1H3. The zero-order valence-corrected chi connectivity index (χ0v) is 56.3. The van der Waals surface area contributed by atoms with Crippen molar-refractivity contribution in [1.82, 2.24) is 29.7 Å². The van der Waals surface area contributed by atoms with E-state index in [1.807, 2.05) is 39.4 Å². The molecule has 3 unspecified atom stereocenters. The Bertz CT molecular complexity index is 3490. The van der Waals surface area contributed by atoms with Crippen molar-refractivity contribution in [3.05, 3.63) is 122 Å². The highest BCUT2D eigenvalue weighted by molar-refractivity contribution is 7.93. The molecule has 15 rings (SSSR count). The maximum atomic E-state index is 13.7. The molecule has 18 nitrogen and oxygen atoms in total. The molecule has 90 heavy (non-hydrogen) atoms. The van der Waals surface area contributed by atoms with E-state index in [-0.39, 0.29) is 64.4 Å². The van der Waals surface area contributed by atoms with E-state index in [9.17, 15) is 18.3 Å². The van der Waals surface area contributed by atoms with Crippen molar-refractivity contribution in [2.24, 2.45) is 48.4 Å². The number of aryl methyl sites for hydroxylation is 3. The van der Waals surface area contributed by atoms with Crippen LogP contribution in [-0.4, -0.2) is 132 Å². The first-order valence-electron chi connectivity index (χ1n) is 30.9. The fourth-order valence-corrected chi connectivity index (χ4v) is 19.0. The van der Waals surface area contributed by atoms with E-state index in [0.29, 0.717) is 17.9 Å². The first-order valence-corrected chi connectivity index (χ1v) is 34.5. The number of nitrogens with zero attached hydrogens (tertiary/aromatic N) is 9. The lowest BCUT2D eigenvalue weighted by Gasteiger charge is -2.45. The first-order chi connectivity index (χ1) is 43.1. The smallest absolute Gasteiger partial charge is 0.262 e. The minimum absolute atomic E-state index is 0.00209. The molecular formula is C67H81FN12O6S4. The number of halogens is 1. The van der Waals surface area contributed by atoms with Crippen molar-refractivity contribution < 1.29 is 32.5 Å². The third kappa shape index (κ3) is 9.95. The highest BCUT2D eigenvalue weighted by Crippen LogP contribution is 2.65. The van der Waals surface area contributed by atoms with Gasteiger partial charge in [-0.1, -0.05) is 36.4 Å². The fourth-order valence-electron chi connectivity index (χ4n) is 16.7. The molecule has 3 aromatic heterocycles. The highest BCUT2D eigenvalue weighted by atomic mass is 32.2. The summed E-state index contributed by atoms with van der Waals surface area (Å²) in [4.78, 5) is 76.9. The predicted molar refractivity (Wildman–Crippen MR) is 356 cm³/mol. The number of carbonyl (C=O) groups excluding carboxylic acids is 3. The third-order valence-corrected chi connectivity index (χ3v) is 24.4. The van der Waals surface area contributed by atoms with Crippen molar-refractivity contribution in [2.45, 2.75) is 152 Å². The number of ether oxygens (including phenoxy) is 3. The molecule has 3 saturated carbocycles. The van der Waals surface area contributed by atoms with Crippen LogP contribution in [0, 0.1) is 37.0 Å². The minimum Gasteiger partial charge on any atom is -0.381 e. The monoisotopic (exact) mass is 1300 g/mol. The van der Waals surface area contributed by atoms with E-state index in [4.69, 9.17) is 46.4 Å². The predicted octanol–water partition coefficient (Wildman–Crippen LogP) is 10.9. The molecule has 3 aliphatic heterocycles. The molecule has 476 valence electrons. The number of rotatable bonds is 6. The van der Waals surface area contributed by atoms with Gasteiger partial charge in [-0.05, 0) is 185 Å². The quantitative estimate of drug-likeness (QED) is 0.141. The molecule has 3 amide bonds. The van der Waals surface area contributed by atoms with Crippen LogP contribution in [-0.2, 0) is 64.5 Å². The van der Waals surface area contributed by atoms with Crippen LogP contribution in [0.25, 0.3) is 31.3 Å². The van der Waals surface area contributed by atoms with Gasteiger partial charge in [0.25, 0.3) is 17.7 Å². The summed E-state index contributed by atoms with van der Waals surface area (Å²) >= 11 is 5.25. The molecule has 6 aliphatic carbocycles. The van der Waals surface area contributed by atoms with Crippen LogP contribution in [0.5, 0.6) is 0 Å². The molecule has 3 fully saturated rings. The maximum Gasteiger partial charge on any atom is 0.262 e. The number of benzene rings is 3. The summed E-state index contributed by atoms with van der Waals surface area (Å²) in [6, 6.07) is 19.5. The summed E-state index contributed by atoms with van der Waals surface area (Å²) < 4.78 is 27.0. The zero-order chi connectivity index (χ0) is 63.9. The summed E-state index contributed by atoms with van der Waals surface area (Å²) in [5.74, 6) is 0.951. The number of guanidine groups is 3. The number of hydrogen-bond donors (Lipinski definition) is 3. The first kappa shape index (κ1) is 63.7. The van der Waals surface area contributed by atoms with Crippen molar-refractivity contribution >= 4 is 81.8 Å². The Morgan fingerprint density at radius 3 is 0.911 bits per heavy atom. The van der Waals surface area contributed by atoms with E-state index in [1.54, 1.807) is 76.5 Å². The second kappa shape index (κ2) is 24.2. The molecular weight excluding hydrogens is 1220 g/mol. The number of thiazole rings is 3. The number of fused-ring (bicyclic) bond motifs is 9. The van der Waals surface area contributed by atoms with Crippen LogP contribution in [0.3, 0.4) is 0 Å². The van der Waals surface area contributed by atoms with Crippen LogP contribution < -0.4 is 17.2 Å². The Morgan fingerprint density at radius 2 is 0.722 bits per heavy atom. The van der Waals surface area contributed by atoms with E-state index in [1.165, 1.54) is 37.6 Å². The van der Waals surface area contributed by atoms with Gasteiger partial charge in [0.2, 0.25) is 0 Å². The summed E-state index contributed by atoms with van der Waals surface area (Å²) in [6.45, 7) is 6.02. The molecule has 6 N–H and O–H groups in total. The summed E-state index contributed by atoms with van der Waals surface area (Å²) in [5.41, 5.74) is 25.1. The van der Waals surface area contributed by atoms with Gasteiger partial charge in [-0.25, -0.2) is 29.9 Å². The van der Waals surface area contributed by atoms with E-state index < -0.39 is 16.6 Å². The molecule has 0 radical (unpaired) electrons. The van der Waals surface area contributed by atoms with Crippen molar-refractivity contribution in [3.8, 4) is 31.3 Å². The number of likely N-dealkylation sites (N-methyl/N-ethyl adjacent to an activating group) is 3. The second-order valence-corrected chi connectivity index (χ2v) is 29.8. The van der Waals surface area contributed by atoms with E-state index in [0.717, 1.165) is 159 Å². The van der Waals surface area contributed by atoms with Crippen LogP contribution in [0.2, 0.25) is 0 Å². The molecule has 23 heteroatoms. The van der Waals surface area contributed by atoms with Gasteiger partial charge >= 0.3 is 0 Å². The molecule has 3 aromatic carbocycles. The third-order valence-electron chi connectivity index (χ3n) is 21.5. The summed E-state index contributed by atoms with van der Waals surface area (Å²) in [7, 11) is 10.5. The van der Waals surface area contributed by atoms with Crippen molar-refractivity contribution in [1.29, 1.82) is 0 Å². The average Bonchev–Trinajstić information content (AvgIpc) is 1.54. The Hall–Kier alpha value is -6.47. The van der Waals surface area contributed by atoms with Gasteiger partial charge in [0.15, 0.2) is 34.5 Å². The Kier molecular flexibility index (Phi) is 17.1. The summed E-state index contributed by atoms with van der Waals surface area (Å²) in [6.07, 6.45) is 21.6. The highest BCUT2D eigenvalue weighted by Gasteiger charge is 2.69. The van der Waals surface area contributed by atoms with Gasteiger partial charge in [0, 0.05) is 95.7 Å². The fraction of sp³-hybridized carbons (Fsp3) is 0.507. The molecule has 0 bridgehead atoms. The van der Waals surface area contributed by atoms with E-state index >= 15 is 0 Å². The largest absolute Gasteiger partial charge is 0.381 e. The van der Waals surface area contributed by atoms with Gasteiger partial charge in [-0.2, -0.15) is 3.89 Å². The van der Waals surface area contributed by atoms with Gasteiger partial charge in [0.1, 0.15) is 0 Å². The molecule has 0 saturated heterocycles. The average molecular weight is 1300 g/mol. The number of nitrogens with two attached hydrogens (primary N) is 3. The maximum absolute atomic E-state index is 13.7. The second-order valence-electron chi connectivity index (χ2n) is 25.8. The lowest BCUT2D eigenvalue weighted by atomic mass is 9.61. The SMILES string of the molecule is COC1CCC2(CC1)Cc1ccc(-c3cnc(C)s3)cc1C21N=C(N)N(C)C1=O.COC1CCC2(CC1)Cc1ccc(-c3cnc(C)s3)cc1C21N=C(N)N(C)C1=O.COC1CCC2(CC1)Cc1ccc(-c3cnc(C)s3)cc1C21N=C(N)N(C)C1=O.CSF. The molecule has 6 heterocycles. The molecule has 6 spiro atoms. The van der Waals surface area contributed by atoms with Gasteiger partial charge in [-0.15, -0.1) is 34.0 Å². The van der Waals surface area contributed by atoms with Crippen molar-refractivity contribution in [3.63, 3.8) is 0 Å². The number of carbonyl (C=O) groups is 3. The topological polar surface area (TPSA) is 242 Å². The van der Waals surface area contributed by atoms with Gasteiger partial charge in [-0.3, -0.25) is 29.1 Å². The van der Waals surface area contributed by atoms with Crippen molar-refractivity contribution in [2.75, 3.05) is 48.7 Å². The number of amides is 3. The van der Waals surface area contributed by atoms with E-state index in [2.05, 4.69) is 69.5 Å².